The number of carbonyl (C=O) groups is 2. The number of esters is 1. The monoisotopic (exact) mass is 279 g/mol. The largest absolute Gasteiger partial charge is 0.469 e. The highest BCUT2D eigenvalue weighted by atomic mass is 16.5. The summed E-state index contributed by atoms with van der Waals surface area (Å²) in [5, 5.41) is 9.96. The number of rotatable bonds is 5. The summed E-state index contributed by atoms with van der Waals surface area (Å²) in [6, 6.07) is 0. The Morgan fingerprint density at radius 1 is 1.40 bits per heavy atom. The molecule has 6 nitrogen and oxygen atoms in total. The molecule has 0 aliphatic heterocycles. The number of H-pyrrole nitrogens is 1. The Morgan fingerprint density at radius 3 is 2.55 bits per heavy atom. The van der Waals surface area contributed by atoms with Crippen molar-refractivity contribution in [3.63, 3.8) is 0 Å². The summed E-state index contributed by atoms with van der Waals surface area (Å²) in [5.41, 5.74) is 2.27. The first-order chi connectivity index (χ1) is 9.46. The number of carbonyl (C=O) groups excluding carboxylic acids is 2. The van der Waals surface area contributed by atoms with Crippen molar-refractivity contribution in [2.45, 2.75) is 51.5 Å². The Labute approximate surface area is 118 Å². The average Bonchev–Trinajstić information content (AvgIpc) is 2.67. The standard InChI is InChI=1S/C14H21N3O3/c1-9-11(10(2)17-16-9)7-12(18)15-14(5-4-6-14)8-13(19)20-3/h4-8H2,1-3H3,(H,15,18)(H,16,17). The number of aryl methyl sites for hydroxylation is 2. The van der Waals surface area contributed by atoms with Gasteiger partial charge in [-0.05, 0) is 33.1 Å². The third kappa shape index (κ3) is 3.00. The van der Waals surface area contributed by atoms with Crippen molar-refractivity contribution in [3.8, 4) is 0 Å². The van der Waals surface area contributed by atoms with E-state index in [0.717, 1.165) is 36.2 Å². The Bertz CT molecular complexity index is 498. The first-order valence-corrected chi connectivity index (χ1v) is 6.84. The minimum absolute atomic E-state index is 0.0683. The fraction of sp³-hybridized carbons (Fsp3) is 0.643. The van der Waals surface area contributed by atoms with Gasteiger partial charge in [-0.15, -0.1) is 0 Å². The third-order valence-electron chi connectivity index (χ3n) is 4.04. The number of hydrogen-bond acceptors (Lipinski definition) is 4. The molecular formula is C14H21N3O3. The molecule has 1 heterocycles. The maximum absolute atomic E-state index is 12.2. The van der Waals surface area contributed by atoms with Gasteiger partial charge in [0, 0.05) is 11.3 Å². The Hall–Kier alpha value is -1.85. The summed E-state index contributed by atoms with van der Waals surface area (Å²) in [7, 11) is 1.37. The zero-order valence-corrected chi connectivity index (χ0v) is 12.2. The van der Waals surface area contributed by atoms with Gasteiger partial charge >= 0.3 is 5.97 Å². The van der Waals surface area contributed by atoms with Gasteiger partial charge in [0.15, 0.2) is 0 Å². The number of amides is 1. The lowest BCUT2D eigenvalue weighted by molar-refractivity contribution is -0.144. The Kier molecular flexibility index (Phi) is 4.11. The van der Waals surface area contributed by atoms with E-state index in [1.165, 1.54) is 7.11 Å². The third-order valence-corrected chi connectivity index (χ3v) is 4.04. The molecule has 0 aromatic carbocycles. The molecule has 110 valence electrons. The average molecular weight is 279 g/mol. The Balaban J connectivity index is 1.98. The molecule has 0 saturated heterocycles. The van der Waals surface area contributed by atoms with Crippen molar-refractivity contribution in [2.75, 3.05) is 7.11 Å². The van der Waals surface area contributed by atoms with Crippen LogP contribution in [0.3, 0.4) is 0 Å². The molecule has 20 heavy (non-hydrogen) atoms. The number of aromatic amines is 1. The van der Waals surface area contributed by atoms with Gasteiger partial charge in [0.1, 0.15) is 0 Å². The minimum Gasteiger partial charge on any atom is -0.469 e. The summed E-state index contributed by atoms with van der Waals surface area (Å²) in [4.78, 5) is 23.6. The zero-order chi connectivity index (χ0) is 14.8. The highest BCUT2D eigenvalue weighted by Gasteiger charge is 2.40. The maximum atomic E-state index is 12.2. The molecule has 2 N–H and O–H groups in total. The number of ether oxygens (including phenoxy) is 1. The van der Waals surface area contributed by atoms with Crippen molar-refractivity contribution < 1.29 is 14.3 Å². The van der Waals surface area contributed by atoms with Gasteiger partial charge in [0.05, 0.1) is 31.2 Å². The van der Waals surface area contributed by atoms with Gasteiger partial charge in [-0.3, -0.25) is 14.7 Å². The van der Waals surface area contributed by atoms with Gasteiger partial charge < -0.3 is 10.1 Å². The van der Waals surface area contributed by atoms with E-state index in [4.69, 9.17) is 4.74 Å². The number of methoxy groups -OCH3 is 1. The SMILES string of the molecule is COC(=O)CC1(NC(=O)Cc2c(C)n[nH]c2C)CCC1. The van der Waals surface area contributed by atoms with Crippen LogP contribution in [0.4, 0.5) is 0 Å². The second-order valence-electron chi connectivity index (χ2n) is 5.52. The lowest BCUT2D eigenvalue weighted by atomic mass is 9.74. The minimum atomic E-state index is -0.407. The highest BCUT2D eigenvalue weighted by molar-refractivity contribution is 5.81. The van der Waals surface area contributed by atoms with Crippen LogP contribution in [0.25, 0.3) is 0 Å². The molecule has 0 radical (unpaired) electrons. The smallest absolute Gasteiger partial charge is 0.307 e. The van der Waals surface area contributed by atoms with Crippen molar-refractivity contribution in [2.24, 2.45) is 0 Å². The lowest BCUT2D eigenvalue weighted by Crippen LogP contribution is -2.55. The molecule has 1 saturated carbocycles. The van der Waals surface area contributed by atoms with E-state index in [1.807, 2.05) is 13.8 Å². The van der Waals surface area contributed by atoms with Gasteiger partial charge in [-0.2, -0.15) is 5.10 Å². The maximum Gasteiger partial charge on any atom is 0.307 e. The first-order valence-electron chi connectivity index (χ1n) is 6.84. The molecule has 1 aromatic rings. The summed E-state index contributed by atoms with van der Waals surface area (Å²) in [6.45, 7) is 3.77. The van der Waals surface area contributed by atoms with Gasteiger partial charge in [-0.1, -0.05) is 0 Å². The molecule has 2 rings (SSSR count). The van der Waals surface area contributed by atoms with E-state index >= 15 is 0 Å². The van der Waals surface area contributed by atoms with Crippen LogP contribution >= 0.6 is 0 Å². The number of nitrogens with zero attached hydrogens (tertiary/aromatic N) is 1. The molecule has 6 heteroatoms. The van der Waals surface area contributed by atoms with Crippen molar-refractivity contribution in [1.82, 2.24) is 15.5 Å². The predicted octanol–water partition coefficient (Wildman–Crippen LogP) is 1.17. The van der Waals surface area contributed by atoms with Crippen LogP contribution < -0.4 is 5.32 Å². The number of hydrogen-bond donors (Lipinski definition) is 2. The van der Waals surface area contributed by atoms with Crippen LogP contribution in [0.15, 0.2) is 0 Å². The molecule has 0 bridgehead atoms. The van der Waals surface area contributed by atoms with Crippen molar-refractivity contribution in [1.29, 1.82) is 0 Å². The highest BCUT2D eigenvalue weighted by Crippen LogP contribution is 2.35. The number of aromatic nitrogens is 2. The van der Waals surface area contributed by atoms with Crippen LogP contribution in [0.1, 0.15) is 42.6 Å². The predicted molar refractivity (Wildman–Crippen MR) is 73.1 cm³/mol. The molecule has 1 fully saturated rings. The fourth-order valence-corrected chi connectivity index (χ4v) is 2.63. The second kappa shape index (κ2) is 5.64. The lowest BCUT2D eigenvalue weighted by Gasteiger charge is -2.41. The van der Waals surface area contributed by atoms with E-state index in [1.54, 1.807) is 0 Å². The van der Waals surface area contributed by atoms with E-state index in [-0.39, 0.29) is 24.7 Å². The summed E-state index contributed by atoms with van der Waals surface area (Å²) < 4.78 is 4.70. The molecule has 0 spiro atoms. The van der Waals surface area contributed by atoms with E-state index in [9.17, 15) is 9.59 Å². The van der Waals surface area contributed by atoms with E-state index in [2.05, 4.69) is 15.5 Å². The molecular weight excluding hydrogens is 258 g/mol. The van der Waals surface area contributed by atoms with E-state index < -0.39 is 5.54 Å². The Morgan fingerprint density at radius 2 is 2.10 bits per heavy atom. The van der Waals surface area contributed by atoms with Gasteiger partial charge in [-0.25, -0.2) is 0 Å². The van der Waals surface area contributed by atoms with Gasteiger partial charge in [0.25, 0.3) is 0 Å². The molecule has 1 aliphatic rings. The first kappa shape index (κ1) is 14.6. The topological polar surface area (TPSA) is 84.1 Å². The summed E-state index contributed by atoms with van der Waals surface area (Å²) in [6.07, 6.45) is 3.23. The zero-order valence-electron chi connectivity index (χ0n) is 12.2. The van der Waals surface area contributed by atoms with Crippen LogP contribution in [-0.4, -0.2) is 34.7 Å². The quantitative estimate of drug-likeness (QED) is 0.792. The molecule has 1 aliphatic carbocycles. The fourth-order valence-electron chi connectivity index (χ4n) is 2.63. The van der Waals surface area contributed by atoms with Crippen molar-refractivity contribution >= 4 is 11.9 Å². The molecule has 1 amide bonds. The van der Waals surface area contributed by atoms with Crippen LogP contribution in [0.2, 0.25) is 0 Å². The van der Waals surface area contributed by atoms with E-state index in [0.29, 0.717) is 0 Å². The van der Waals surface area contributed by atoms with Crippen LogP contribution in [0, 0.1) is 13.8 Å². The van der Waals surface area contributed by atoms with Crippen LogP contribution in [0.5, 0.6) is 0 Å². The molecule has 0 unspecified atom stereocenters. The summed E-state index contributed by atoms with van der Waals surface area (Å²) >= 11 is 0. The number of nitrogens with one attached hydrogen (secondary N) is 2. The van der Waals surface area contributed by atoms with Crippen LogP contribution in [-0.2, 0) is 20.7 Å². The summed E-state index contributed by atoms with van der Waals surface area (Å²) in [5.74, 6) is -0.345. The molecule has 1 aromatic heterocycles. The van der Waals surface area contributed by atoms with Gasteiger partial charge in [0.2, 0.25) is 5.91 Å². The van der Waals surface area contributed by atoms with Crippen molar-refractivity contribution in [3.05, 3.63) is 17.0 Å². The molecule has 0 atom stereocenters. The second-order valence-corrected chi connectivity index (χ2v) is 5.52. The normalized spacial score (nSPS) is 16.4.